The van der Waals surface area contributed by atoms with Crippen molar-refractivity contribution in [3.05, 3.63) is 42.9 Å². The molecule has 21 heavy (non-hydrogen) atoms. The Bertz CT molecular complexity index is 652. The molecule has 3 heterocycles. The van der Waals surface area contributed by atoms with Gasteiger partial charge in [0.25, 0.3) is 0 Å². The van der Waals surface area contributed by atoms with Gasteiger partial charge in [-0.3, -0.25) is 9.88 Å². The third-order valence-electron chi connectivity index (χ3n) is 3.99. The van der Waals surface area contributed by atoms with E-state index in [1.54, 1.807) is 28.4 Å². The van der Waals surface area contributed by atoms with Gasteiger partial charge in [-0.15, -0.1) is 0 Å². The van der Waals surface area contributed by atoms with E-state index >= 15 is 0 Å². The summed E-state index contributed by atoms with van der Waals surface area (Å²) in [6, 6.07) is 7.72. The van der Waals surface area contributed by atoms with Gasteiger partial charge in [-0.2, -0.15) is 0 Å². The van der Waals surface area contributed by atoms with Gasteiger partial charge in [0.05, 0.1) is 12.1 Å². The molecule has 1 fully saturated rings. The van der Waals surface area contributed by atoms with E-state index in [4.69, 9.17) is 0 Å². The molecule has 5 nitrogen and oxygen atoms in total. The summed E-state index contributed by atoms with van der Waals surface area (Å²) in [4.78, 5) is 24.3. The van der Waals surface area contributed by atoms with E-state index in [2.05, 4.69) is 23.8 Å². The van der Waals surface area contributed by atoms with Gasteiger partial charge in [0.2, 0.25) is 0 Å². The number of anilines is 1. The molecular weight excluding hydrogens is 264 g/mol. The monoisotopic (exact) mass is 282 g/mol. The van der Waals surface area contributed by atoms with Gasteiger partial charge in [-0.05, 0) is 32.0 Å². The van der Waals surface area contributed by atoms with E-state index in [0.717, 1.165) is 11.1 Å². The van der Waals surface area contributed by atoms with Crippen LogP contribution in [0.5, 0.6) is 0 Å². The Hall–Kier alpha value is -2.43. The Morgan fingerprint density at radius 3 is 2.43 bits per heavy atom. The second kappa shape index (κ2) is 4.84. The summed E-state index contributed by atoms with van der Waals surface area (Å²) < 4.78 is 0. The normalized spacial score (nSPS) is 17.4. The highest BCUT2D eigenvalue weighted by molar-refractivity contribution is 5.94. The van der Waals surface area contributed by atoms with Crippen molar-refractivity contribution in [3.63, 3.8) is 0 Å². The molecule has 0 atom stereocenters. The number of amides is 2. The minimum Gasteiger partial charge on any atom is -0.320 e. The first-order valence-electron chi connectivity index (χ1n) is 6.91. The Kier molecular flexibility index (Phi) is 3.12. The van der Waals surface area contributed by atoms with Crippen molar-refractivity contribution < 1.29 is 4.79 Å². The first-order chi connectivity index (χ1) is 9.99. The van der Waals surface area contributed by atoms with Crippen LogP contribution in [0.25, 0.3) is 11.1 Å². The Labute approximate surface area is 124 Å². The predicted octanol–water partition coefficient (Wildman–Crippen LogP) is 2.79. The number of nitrogens with zero attached hydrogens (tertiary/aromatic N) is 4. The zero-order valence-corrected chi connectivity index (χ0v) is 12.4. The maximum atomic E-state index is 12.3. The molecule has 0 aromatic carbocycles. The molecule has 0 unspecified atom stereocenters. The fourth-order valence-electron chi connectivity index (χ4n) is 2.43. The van der Waals surface area contributed by atoms with Crippen molar-refractivity contribution in [1.29, 1.82) is 0 Å². The quantitative estimate of drug-likeness (QED) is 0.851. The maximum absolute atomic E-state index is 12.3. The van der Waals surface area contributed by atoms with Gasteiger partial charge in [0.15, 0.2) is 0 Å². The van der Waals surface area contributed by atoms with Crippen LogP contribution < -0.4 is 4.90 Å². The third kappa shape index (κ3) is 2.35. The van der Waals surface area contributed by atoms with Crippen LogP contribution in [0.3, 0.4) is 0 Å². The summed E-state index contributed by atoms with van der Waals surface area (Å²) in [5.41, 5.74) is 1.83. The summed E-state index contributed by atoms with van der Waals surface area (Å²) in [6.45, 7) is 4.74. The lowest BCUT2D eigenvalue weighted by molar-refractivity contribution is 0.198. The minimum atomic E-state index is -0.180. The van der Waals surface area contributed by atoms with E-state index in [1.165, 1.54) is 0 Å². The van der Waals surface area contributed by atoms with Crippen molar-refractivity contribution in [1.82, 2.24) is 14.9 Å². The molecule has 0 bridgehead atoms. The van der Waals surface area contributed by atoms with Gasteiger partial charge in [0, 0.05) is 36.8 Å². The van der Waals surface area contributed by atoms with Crippen LogP contribution in [0.1, 0.15) is 13.8 Å². The highest BCUT2D eigenvalue weighted by atomic mass is 16.2. The van der Waals surface area contributed by atoms with Gasteiger partial charge in [0.1, 0.15) is 5.82 Å². The van der Waals surface area contributed by atoms with Crippen LogP contribution in [0.2, 0.25) is 0 Å². The molecule has 0 saturated carbocycles. The molecule has 0 spiro atoms. The zero-order chi connectivity index (χ0) is 15.0. The number of pyridine rings is 2. The molecule has 0 aliphatic carbocycles. The molecule has 2 aromatic rings. The zero-order valence-electron chi connectivity index (χ0n) is 12.4. The summed E-state index contributed by atoms with van der Waals surface area (Å²) in [5, 5.41) is 0. The first-order valence-corrected chi connectivity index (χ1v) is 6.91. The van der Waals surface area contributed by atoms with Crippen LogP contribution in [-0.2, 0) is 0 Å². The van der Waals surface area contributed by atoms with Crippen LogP contribution in [-0.4, -0.2) is 40.0 Å². The van der Waals surface area contributed by atoms with Crippen molar-refractivity contribution in [2.45, 2.75) is 19.4 Å². The van der Waals surface area contributed by atoms with E-state index < -0.39 is 0 Å². The first kappa shape index (κ1) is 13.5. The average molecular weight is 282 g/mol. The number of carbonyl (C=O) groups is 1. The maximum Gasteiger partial charge on any atom is 0.325 e. The van der Waals surface area contributed by atoms with Crippen molar-refractivity contribution in [3.8, 4) is 11.1 Å². The van der Waals surface area contributed by atoms with Gasteiger partial charge in [-0.1, -0.05) is 6.07 Å². The molecule has 1 saturated heterocycles. The fraction of sp³-hybridized carbons (Fsp3) is 0.312. The molecule has 108 valence electrons. The smallest absolute Gasteiger partial charge is 0.320 e. The van der Waals surface area contributed by atoms with Gasteiger partial charge < -0.3 is 4.90 Å². The third-order valence-corrected chi connectivity index (χ3v) is 3.99. The Morgan fingerprint density at radius 1 is 1.14 bits per heavy atom. The summed E-state index contributed by atoms with van der Waals surface area (Å²) in [5.74, 6) is 0.685. The molecular formula is C16H18N4O. The molecule has 0 N–H and O–H groups in total. The summed E-state index contributed by atoms with van der Waals surface area (Å²) >= 11 is 0. The molecule has 1 aliphatic heterocycles. The standard InChI is InChI=1S/C16H18N4O/c1-16(2)11-20(15(21)19(16)3)14-7-6-13(10-18-14)12-5-4-8-17-9-12/h4-10H,11H2,1-3H3. The second-order valence-electron chi connectivity index (χ2n) is 5.89. The van der Waals surface area contributed by atoms with E-state index in [0.29, 0.717) is 12.4 Å². The number of urea groups is 1. The lowest BCUT2D eigenvalue weighted by atomic mass is 10.1. The Morgan fingerprint density at radius 2 is 1.90 bits per heavy atom. The van der Waals surface area contributed by atoms with Gasteiger partial charge in [-0.25, -0.2) is 9.78 Å². The average Bonchev–Trinajstić information content (AvgIpc) is 2.72. The number of rotatable bonds is 2. The minimum absolute atomic E-state index is 0.0124. The molecule has 3 rings (SSSR count). The van der Waals surface area contributed by atoms with E-state index in [9.17, 15) is 4.79 Å². The molecule has 2 amide bonds. The number of hydrogen-bond donors (Lipinski definition) is 0. The van der Waals surface area contributed by atoms with Crippen molar-refractivity contribution >= 4 is 11.8 Å². The largest absolute Gasteiger partial charge is 0.325 e. The highest BCUT2D eigenvalue weighted by Crippen LogP contribution is 2.28. The van der Waals surface area contributed by atoms with Crippen LogP contribution in [0, 0.1) is 0 Å². The SMILES string of the molecule is CN1C(=O)N(c2ccc(-c3cccnc3)cn2)CC1(C)C. The predicted molar refractivity (Wildman–Crippen MR) is 82.1 cm³/mol. The molecule has 5 heteroatoms. The van der Waals surface area contributed by atoms with Crippen molar-refractivity contribution in [2.24, 2.45) is 0 Å². The number of carbonyl (C=O) groups excluding carboxylic acids is 1. The van der Waals surface area contributed by atoms with Crippen LogP contribution in [0.4, 0.5) is 10.6 Å². The molecule has 2 aromatic heterocycles. The second-order valence-corrected chi connectivity index (χ2v) is 5.89. The van der Waals surface area contributed by atoms with Crippen LogP contribution >= 0.6 is 0 Å². The van der Waals surface area contributed by atoms with Gasteiger partial charge >= 0.3 is 6.03 Å². The molecule has 1 aliphatic rings. The summed E-state index contributed by atoms with van der Waals surface area (Å²) in [7, 11) is 1.83. The number of aromatic nitrogens is 2. The summed E-state index contributed by atoms with van der Waals surface area (Å²) in [6.07, 6.45) is 5.33. The topological polar surface area (TPSA) is 49.3 Å². The number of likely N-dealkylation sites (N-methyl/N-ethyl adjacent to an activating group) is 1. The highest BCUT2D eigenvalue weighted by Gasteiger charge is 2.41. The molecule has 0 radical (unpaired) electrons. The lowest BCUT2D eigenvalue weighted by Crippen LogP contribution is -2.38. The van der Waals surface area contributed by atoms with E-state index in [1.807, 2.05) is 31.3 Å². The van der Waals surface area contributed by atoms with Crippen LogP contribution in [0.15, 0.2) is 42.9 Å². The van der Waals surface area contributed by atoms with E-state index in [-0.39, 0.29) is 11.6 Å². The fourth-order valence-corrected chi connectivity index (χ4v) is 2.43. The lowest BCUT2D eigenvalue weighted by Gasteiger charge is -2.24. The number of hydrogen-bond acceptors (Lipinski definition) is 3. The van der Waals surface area contributed by atoms with Crippen molar-refractivity contribution in [2.75, 3.05) is 18.5 Å². The Balaban J connectivity index is 1.87.